The molecule has 3 aromatic rings. The van der Waals surface area contributed by atoms with Crippen molar-refractivity contribution in [2.75, 3.05) is 33.4 Å². The van der Waals surface area contributed by atoms with E-state index in [-0.39, 0.29) is 12.0 Å². The number of halogens is 1. The molecule has 58 heavy (non-hydrogen) atoms. The van der Waals surface area contributed by atoms with Gasteiger partial charge in [0.15, 0.2) is 11.6 Å². The quantitative estimate of drug-likeness (QED) is 0.0557. The van der Waals surface area contributed by atoms with E-state index < -0.39 is 16.1 Å². The van der Waals surface area contributed by atoms with Crippen molar-refractivity contribution in [1.82, 2.24) is 29.1 Å². The van der Waals surface area contributed by atoms with E-state index in [0.29, 0.717) is 32.3 Å². The molecular weight excluding hydrogens is 821 g/mol. The molecule has 0 bridgehead atoms. The summed E-state index contributed by atoms with van der Waals surface area (Å²) < 4.78 is 18.0. The Morgan fingerprint density at radius 1 is 0.828 bits per heavy atom. The van der Waals surface area contributed by atoms with Crippen molar-refractivity contribution in [3.63, 3.8) is 0 Å². The summed E-state index contributed by atoms with van der Waals surface area (Å²) in [7, 11) is -0.297. The molecule has 1 aromatic carbocycles. The van der Waals surface area contributed by atoms with E-state index in [9.17, 15) is 4.79 Å². The van der Waals surface area contributed by atoms with Gasteiger partial charge in [-0.3, -0.25) is 9.69 Å². The summed E-state index contributed by atoms with van der Waals surface area (Å²) in [6.45, 7) is 22.3. The standard InChI is InChI=1S/C46H79BrN6O3Si2/c1-9-10-11-12-13-14-15-16-17-18-19-20-21-41(45(54)37-24-26-50(2)27-25-37)51-33-40-43(34-51)52(35-55-28-30-57(3,4)5)46(48-40)44-39-23-22-38(47)32-42(39)53(49-44)36-56-29-31-58(6,7)8/h22-23,32,37,41H,9-21,24-31,33-36H2,1-8H3. The molecule has 4 heterocycles. The van der Waals surface area contributed by atoms with Gasteiger partial charge in [-0.2, -0.15) is 5.10 Å². The lowest BCUT2D eigenvalue weighted by molar-refractivity contribution is -0.130. The van der Waals surface area contributed by atoms with E-state index in [2.05, 4.69) is 102 Å². The Morgan fingerprint density at radius 3 is 2.02 bits per heavy atom. The number of ketones is 1. The summed E-state index contributed by atoms with van der Waals surface area (Å²) in [4.78, 5) is 24.7. The molecule has 2 aromatic heterocycles. The van der Waals surface area contributed by atoms with Gasteiger partial charge in [0.2, 0.25) is 0 Å². The number of fused-ring (bicyclic) bond motifs is 2. The van der Waals surface area contributed by atoms with Crippen molar-refractivity contribution in [3.8, 4) is 11.5 Å². The van der Waals surface area contributed by atoms with Crippen molar-refractivity contribution in [1.29, 1.82) is 0 Å². The van der Waals surface area contributed by atoms with Gasteiger partial charge in [-0.1, -0.05) is 139 Å². The van der Waals surface area contributed by atoms with Crippen LogP contribution in [0, 0.1) is 5.92 Å². The lowest BCUT2D eigenvalue weighted by Gasteiger charge is -2.34. The Kier molecular flexibility index (Phi) is 18.8. The summed E-state index contributed by atoms with van der Waals surface area (Å²) in [6.07, 6.45) is 18.8. The average Bonchev–Trinajstić information content (AvgIpc) is 3.84. The van der Waals surface area contributed by atoms with Gasteiger partial charge < -0.3 is 18.9 Å². The Bertz CT molecular complexity index is 1710. The zero-order valence-corrected chi connectivity index (χ0v) is 41.4. The second-order valence-corrected chi connectivity index (χ2v) is 32.2. The van der Waals surface area contributed by atoms with Crippen LogP contribution >= 0.6 is 15.9 Å². The molecule has 1 fully saturated rings. The second kappa shape index (κ2) is 23.0. The molecule has 0 spiro atoms. The van der Waals surface area contributed by atoms with Crippen LogP contribution in [-0.4, -0.2) is 90.5 Å². The minimum Gasteiger partial charge on any atom is -0.361 e. The van der Waals surface area contributed by atoms with Crippen LogP contribution in [0.5, 0.6) is 0 Å². The van der Waals surface area contributed by atoms with Crippen molar-refractivity contribution >= 4 is 48.8 Å². The van der Waals surface area contributed by atoms with E-state index in [1.54, 1.807) is 0 Å². The first-order valence-corrected chi connectivity index (χ1v) is 31.3. The van der Waals surface area contributed by atoms with Crippen LogP contribution in [0.1, 0.15) is 115 Å². The molecule has 0 saturated carbocycles. The van der Waals surface area contributed by atoms with Crippen LogP contribution in [0.4, 0.5) is 0 Å². The third-order valence-electron chi connectivity index (χ3n) is 12.4. The predicted molar refractivity (Wildman–Crippen MR) is 251 cm³/mol. The van der Waals surface area contributed by atoms with Gasteiger partial charge in [0.25, 0.3) is 0 Å². The molecule has 1 saturated heterocycles. The number of carbonyl (C=O) groups is 1. The Morgan fingerprint density at radius 2 is 1.41 bits per heavy atom. The largest absolute Gasteiger partial charge is 0.361 e. The van der Waals surface area contributed by atoms with Gasteiger partial charge in [0.05, 0.1) is 22.9 Å². The zero-order chi connectivity index (χ0) is 41.7. The average molecular weight is 900 g/mol. The number of piperidine rings is 1. The summed E-state index contributed by atoms with van der Waals surface area (Å²) >= 11 is 3.71. The van der Waals surface area contributed by atoms with Gasteiger partial charge in [-0.15, -0.1) is 0 Å². The van der Waals surface area contributed by atoms with Gasteiger partial charge in [-0.05, 0) is 69.7 Å². The minimum atomic E-state index is -1.27. The second-order valence-electron chi connectivity index (χ2n) is 20.0. The fraction of sp³-hybridized carbons (Fsp3) is 0.761. The minimum absolute atomic E-state index is 0.0684. The normalized spacial score (nSPS) is 16.5. The van der Waals surface area contributed by atoms with Crippen LogP contribution in [0.25, 0.3) is 22.4 Å². The number of aromatic nitrogens is 4. The lowest BCUT2D eigenvalue weighted by Crippen LogP contribution is -2.44. The molecular formula is C46H79BrN6O3Si2. The number of likely N-dealkylation sites (tertiary alicyclic amines) is 1. The van der Waals surface area contributed by atoms with Gasteiger partial charge in [0.1, 0.15) is 19.2 Å². The molecule has 1 unspecified atom stereocenters. The number of unbranched alkanes of at least 4 members (excludes halogenated alkanes) is 11. The highest BCUT2D eigenvalue weighted by Gasteiger charge is 2.38. The molecule has 0 N–H and O–H groups in total. The lowest BCUT2D eigenvalue weighted by atomic mass is 9.86. The first-order valence-electron chi connectivity index (χ1n) is 23.1. The molecule has 0 radical (unpaired) electrons. The maximum atomic E-state index is 14.5. The first-order chi connectivity index (χ1) is 27.7. The van der Waals surface area contributed by atoms with E-state index >= 15 is 0 Å². The predicted octanol–water partition coefficient (Wildman–Crippen LogP) is 12.0. The van der Waals surface area contributed by atoms with Crippen LogP contribution < -0.4 is 0 Å². The molecule has 326 valence electrons. The topological polar surface area (TPSA) is 77.7 Å². The molecule has 2 aliphatic heterocycles. The fourth-order valence-corrected chi connectivity index (χ4v) is 10.4. The third-order valence-corrected chi connectivity index (χ3v) is 16.3. The number of hydrogen-bond donors (Lipinski definition) is 0. The molecule has 5 rings (SSSR count). The molecule has 0 amide bonds. The molecule has 9 nitrogen and oxygen atoms in total. The monoisotopic (exact) mass is 898 g/mol. The van der Waals surface area contributed by atoms with Crippen molar-refractivity contribution in [3.05, 3.63) is 34.1 Å². The number of imidazole rings is 1. The Labute approximate surface area is 362 Å². The number of Topliss-reactive ketones (excluding diaryl/α,β-unsaturated/α-hetero) is 1. The zero-order valence-electron chi connectivity index (χ0n) is 37.9. The van der Waals surface area contributed by atoms with Gasteiger partial charge in [-0.25, -0.2) is 9.67 Å². The first kappa shape index (κ1) is 47.4. The van der Waals surface area contributed by atoms with Gasteiger partial charge in [0, 0.05) is 58.2 Å². The fourth-order valence-electron chi connectivity index (χ4n) is 8.54. The smallest absolute Gasteiger partial charge is 0.163 e. The maximum absolute atomic E-state index is 14.5. The molecule has 2 aliphatic rings. The summed E-state index contributed by atoms with van der Waals surface area (Å²) in [5.74, 6) is 1.46. The van der Waals surface area contributed by atoms with Gasteiger partial charge >= 0.3 is 0 Å². The third kappa shape index (κ3) is 14.5. The molecule has 0 aliphatic carbocycles. The van der Waals surface area contributed by atoms with Crippen LogP contribution in [-0.2, 0) is 40.8 Å². The number of benzene rings is 1. The Balaban J connectivity index is 1.33. The highest BCUT2D eigenvalue weighted by molar-refractivity contribution is 9.10. The van der Waals surface area contributed by atoms with Crippen molar-refractivity contribution < 1.29 is 14.3 Å². The van der Waals surface area contributed by atoms with E-state index in [1.807, 2.05) is 4.68 Å². The van der Waals surface area contributed by atoms with E-state index in [0.717, 1.165) is 96.7 Å². The number of ether oxygens (including phenoxy) is 2. The molecule has 12 heteroatoms. The highest BCUT2D eigenvalue weighted by atomic mass is 79.9. The van der Waals surface area contributed by atoms with Crippen LogP contribution in [0.15, 0.2) is 22.7 Å². The van der Waals surface area contributed by atoms with E-state index in [4.69, 9.17) is 19.6 Å². The number of rotatable bonds is 27. The SMILES string of the molecule is CCCCCCCCCCCCCCC(C(=O)C1CCN(C)CC1)N1Cc2nc(-c3nn(COCC[Si](C)(C)C)c4cc(Br)ccc34)n(COCC[Si](C)(C)C)c2C1. The van der Waals surface area contributed by atoms with E-state index in [1.165, 1.54) is 76.3 Å². The highest BCUT2D eigenvalue weighted by Crippen LogP contribution is 2.36. The van der Waals surface area contributed by atoms with Crippen LogP contribution in [0.3, 0.4) is 0 Å². The summed E-state index contributed by atoms with van der Waals surface area (Å²) in [6, 6.07) is 8.53. The van der Waals surface area contributed by atoms with Crippen LogP contribution in [0.2, 0.25) is 51.4 Å². The number of carbonyl (C=O) groups excluding carboxylic acids is 1. The summed E-state index contributed by atoms with van der Waals surface area (Å²) in [5.41, 5.74) is 4.12. The number of nitrogens with zero attached hydrogens (tertiary/aromatic N) is 6. The van der Waals surface area contributed by atoms with Crippen molar-refractivity contribution in [2.24, 2.45) is 5.92 Å². The molecule has 1 atom stereocenters. The Hall–Kier alpha value is -1.68. The van der Waals surface area contributed by atoms with Crippen molar-refractivity contribution in [2.45, 2.75) is 187 Å². The maximum Gasteiger partial charge on any atom is 0.163 e. The summed E-state index contributed by atoms with van der Waals surface area (Å²) in [5, 5.41) is 6.26. The number of hydrogen-bond acceptors (Lipinski definition) is 7.